The Balaban J connectivity index is 2.45. The summed E-state index contributed by atoms with van der Waals surface area (Å²) >= 11 is 3.02. The van der Waals surface area contributed by atoms with Crippen molar-refractivity contribution >= 4 is 21.9 Å². The molecule has 0 aliphatic heterocycles. The highest BCUT2D eigenvalue weighted by molar-refractivity contribution is 9.10. The molecule has 0 spiro atoms. The molecule has 122 valence electrons. The third kappa shape index (κ3) is 2.95. The molecule has 0 bridgehead atoms. The summed E-state index contributed by atoms with van der Waals surface area (Å²) in [5.74, 6) is -2.06. The molecule has 22 heavy (non-hydrogen) atoms. The number of carboxylic acid groups (broad SMARTS) is 1. The molecule has 1 aliphatic rings. The largest absolute Gasteiger partial charge is 0.478 e. The van der Waals surface area contributed by atoms with Gasteiger partial charge in [0.2, 0.25) is 5.60 Å². The molecule has 1 saturated carbocycles. The van der Waals surface area contributed by atoms with Crippen molar-refractivity contribution < 1.29 is 27.8 Å². The Morgan fingerprint density at radius 2 is 1.95 bits per heavy atom. The molecule has 7 heteroatoms. The second kappa shape index (κ2) is 5.15. The Labute approximate surface area is 134 Å². The predicted octanol–water partition coefficient (Wildman–Crippen LogP) is 4.74. The lowest BCUT2D eigenvalue weighted by Gasteiger charge is -2.25. The van der Waals surface area contributed by atoms with Gasteiger partial charge in [0.1, 0.15) is 5.75 Å². The van der Waals surface area contributed by atoms with Crippen LogP contribution in [0.1, 0.15) is 32.8 Å². The van der Waals surface area contributed by atoms with Gasteiger partial charge in [-0.3, -0.25) is 0 Å². The maximum atomic E-state index is 13.1. The molecule has 2 atom stereocenters. The maximum Gasteiger partial charge on any atom is 0.420 e. The fraction of sp³-hybridized carbons (Fsp3) is 0.533. The van der Waals surface area contributed by atoms with E-state index in [1.165, 1.54) is 12.1 Å². The maximum absolute atomic E-state index is 13.1. The van der Waals surface area contributed by atoms with Crippen LogP contribution < -0.4 is 4.74 Å². The van der Waals surface area contributed by atoms with E-state index in [1.807, 2.05) is 20.8 Å². The van der Waals surface area contributed by atoms with Crippen molar-refractivity contribution in [1.82, 2.24) is 0 Å². The van der Waals surface area contributed by atoms with Crippen LogP contribution in [-0.4, -0.2) is 16.7 Å². The highest BCUT2D eigenvalue weighted by Crippen LogP contribution is 2.58. The molecule has 0 radical (unpaired) electrons. The fourth-order valence-electron chi connectivity index (χ4n) is 2.66. The SMILES string of the molecule is CC(C)(C)C1CC1(Oc1c(Br)cccc1C(F)(F)F)C(=O)O. The summed E-state index contributed by atoms with van der Waals surface area (Å²) in [6.45, 7) is 5.53. The van der Waals surface area contributed by atoms with Gasteiger partial charge in [0.05, 0.1) is 10.0 Å². The van der Waals surface area contributed by atoms with Crippen LogP contribution >= 0.6 is 15.9 Å². The lowest BCUT2D eigenvalue weighted by molar-refractivity contribution is -0.152. The van der Waals surface area contributed by atoms with E-state index in [-0.39, 0.29) is 22.2 Å². The Morgan fingerprint density at radius 3 is 2.36 bits per heavy atom. The molecule has 2 rings (SSSR count). The minimum absolute atomic E-state index is 0.0857. The van der Waals surface area contributed by atoms with Gasteiger partial charge in [-0.05, 0) is 33.5 Å². The number of ether oxygens (including phenoxy) is 1. The lowest BCUT2D eigenvalue weighted by atomic mass is 9.88. The molecule has 0 saturated heterocycles. The topological polar surface area (TPSA) is 46.5 Å². The zero-order valence-electron chi connectivity index (χ0n) is 12.3. The van der Waals surface area contributed by atoms with Gasteiger partial charge in [0, 0.05) is 12.3 Å². The molecule has 1 aromatic carbocycles. The zero-order chi connectivity index (χ0) is 16.9. The highest BCUT2D eigenvalue weighted by atomic mass is 79.9. The highest BCUT2D eigenvalue weighted by Gasteiger charge is 2.68. The van der Waals surface area contributed by atoms with Crippen molar-refractivity contribution in [2.45, 2.75) is 39.0 Å². The van der Waals surface area contributed by atoms with Gasteiger partial charge in [-0.25, -0.2) is 4.79 Å². The first-order valence-corrected chi connectivity index (χ1v) is 7.47. The molecule has 1 aromatic rings. The van der Waals surface area contributed by atoms with Crippen LogP contribution in [0.2, 0.25) is 0 Å². The number of carboxylic acids is 1. The third-order valence-corrected chi connectivity index (χ3v) is 4.50. The van der Waals surface area contributed by atoms with Crippen LogP contribution in [0.3, 0.4) is 0 Å². The van der Waals surface area contributed by atoms with Crippen molar-refractivity contribution in [1.29, 1.82) is 0 Å². The van der Waals surface area contributed by atoms with E-state index in [9.17, 15) is 23.1 Å². The van der Waals surface area contributed by atoms with Crippen molar-refractivity contribution in [3.05, 3.63) is 28.2 Å². The van der Waals surface area contributed by atoms with E-state index in [1.54, 1.807) is 0 Å². The van der Waals surface area contributed by atoms with E-state index in [2.05, 4.69) is 15.9 Å². The number of rotatable bonds is 3. The van der Waals surface area contributed by atoms with Crippen molar-refractivity contribution in [2.24, 2.45) is 11.3 Å². The molecule has 2 unspecified atom stereocenters. The van der Waals surface area contributed by atoms with E-state index < -0.39 is 29.1 Å². The Kier molecular flexibility index (Phi) is 4.00. The number of aliphatic carboxylic acids is 1. The number of hydrogen-bond donors (Lipinski definition) is 1. The molecule has 0 aromatic heterocycles. The summed E-state index contributed by atoms with van der Waals surface area (Å²) in [5, 5.41) is 9.46. The summed E-state index contributed by atoms with van der Waals surface area (Å²) in [4.78, 5) is 11.6. The predicted molar refractivity (Wildman–Crippen MR) is 77.7 cm³/mol. The van der Waals surface area contributed by atoms with Gasteiger partial charge in [-0.15, -0.1) is 0 Å². The van der Waals surface area contributed by atoms with Crippen molar-refractivity contribution in [2.75, 3.05) is 0 Å². The Hall–Kier alpha value is -1.24. The number of hydrogen-bond acceptors (Lipinski definition) is 2. The molecular formula is C15H16BrF3O3. The van der Waals surface area contributed by atoms with Crippen molar-refractivity contribution in [3.8, 4) is 5.75 Å². The average molecular weight is 381 g/mol. The van der Waals surface area contributed by atoms with Gasteiger partial charge in [-0.1, -0.05) is 26.8 Å². The minimum atomic E-state index is -4.62. The summed E-state index contributed by atoms with van der Waals surface area (Å²) in [7, 11) is 0. The van der Waals surface area contributed by atoms with Gasteiger partial charge in [-0.2, -0.15) is 13.2 Å². The Bertz CT molecular complexity index is 607. The van der Waals surface area contributed by atoms with Gasteiger partial charge >= 0.3 is 12.1 Å². The Morgan fingerprint density at radius 1 is 1.36 bits per heavy atom. The van der Waals surface area contributed by atoms with Gasteiger partial charge in [0.25, 0.3) is 0 Å². The van der Waals surface area contributed by atoms with Crippen LogP contribution in [0.5, 0.6) is 5.75 Å². The second-order valence-corrected chi connectivity index (χ2v) is 7.39. The van der Waals surface area contributed by atoms with Gasteiger partial charge < -0.3 is 9.84 Å². The molecule has 0 amide bonds. The number of halogens is 4. The lowest BCUT2D eigenvalue weighted by Crippen LogP contribution is -2.36. The average Bonchev–Trinajstić information content (AvgIpc) is 3.06. The molecule has 1 aliphatic carbocycles. The number of carbonyl (C=O) groups is 1. The fourth-order valence-corrected chi connectivity index (χ4v) is 3.11. The summed E-state index contributed by atoms with van der Waals surface area (Å²) in [6, 6.07) is 3.51. The smallest absolute Gasteiger partial charge is 0.420 e. The number of benzene rings is 1. The second-order valence-electron chi connectivity index (χ2n) is 6.53. The van der Waals surface area contributed by atoms with Gasteiger partial charge in [0.15, 0.2) is 0 Å². The first kappa shape index (κ1) is 17.1. The van der Waals surface area contributed by atoms with Crippen molar-refractivity contribution in [3.63, 3.8) is 0 Å². The standard InChI is InChI=1S/C15H16BrF3O3/c1-13(2,3)10-7-14(10,12(20)21)22-11-8(15(17,18)19)5-4-6-9(11)16/h4-6,10H,7H2,1-3H3,(H,20,21). The first-order valence-electron chi connectivity index (χ1n) is 6.68. The number of alkyl halides is 3. The minimum Gasteiger partial charge on any atom is -0.478 e. The van der Waals surface area contributed by atoms with Crippen LogP contribution in [-0.2, 0) is 11.0 Å². The van der Waals surface area contributed by atoms with Crippen LogP contribution in [0.25, 0.3) is 0 Å². The summed E-state index contributed by atoms with van der Waals surface area (Å²) in [5.41, 5.74) is -2.97. The molecular weight excluding hydrogens is 365 g/mol. The zero-order valence-corrected chi connectivity index (χ0v) is 13.9. The molecule has 3 nitrogen and oxygen atoms in total. The number of para-hydroxylation sites is 1. The molecule has 1 fully saturated rings. The summed E-state index contributed by atoms with van der Waals surface area (Å²) in [6.07, 6.45) is -4.44. The monoisotopic (exact) mass is 380 g/mol. The quantitative estimate of drug-likeness (QED) is 0.823. The molecule has 1 N–H and O–H groups in total. The summed E-state index contributed by atoms with van der Waals surface area (Å²) < 4.78 is 44.8. The molecule has 0 heterocycles. The van der Waals surface area contributed by atoms with E-state index in [0.29, 0.717) is 0 Å². The third-order valence-electron chi connectivity index (χ3n) is 3.87. The first-order chi connectivity index (χ1) is 9.89. The van der Waals surface area contributed by atoms with E-state index in [0.717, 1.165) is 6.07 Å². The normalized spacial score (nSPS) is 25.0. The van der Waals surface area contributed by atoms with Crippen LogP contribution in [0.4, 0.5) is 13.2 Å². The van der Waals surface area contributed by atoms with E-state index in [4.69, 9.17) is 4.74 Å². The van der Waals surface area contributed by atoms with E-state index >= 15 is 0 Å². The van der Waals surface area contributed by atoms with Crippen LogP contribution in [0, 0.1) is 11.3 Å². The van der Waals surface area contributed by atoms with Crippen LogP contribution in [0.15, 0.2) is 22.7 Å².